The Balaban J connectivity index is 1.54. The van der Waals surface area contributed by atoms with Crippen LogP contribution in [0.25, 0.3) is 0 Å². The van der Waals surface area contributed by atoms with Gasteiger partial charge in [-0.15, -0.1) is 0 Å². The molecular weight excluding hydrogens is 332 g/mol. The quantitative estimate of drug-likeness (QED) is 0.841. The maximum Gasteiger partial charge on any atom is 0.228 e. The van der Waals surface area contributed by atoms with E-state index in [1.807, 2.05) is 0 Å². The van der Waals surface area contributed by atoms with Gasteiger partial charge in [-0.2, -0.15) is 0 Å². The monoisotopic (exact) mass is 348 g/mol. The highest BCUT2D eigenvalue weighted by Gasteiger charge is 2.48. The molecule has 2 N–H and O–H groups in total. The van der Waals surface area contributed by atoms with Gasteiger partial charge in [0.15, 0.2) is 0 Å². The number of carbonyl (C=O) groups is 2. The Bertz CT molecular complexity index is 745. The van der Waals surface area contributed by atoms with Crippen LogP contribution in [0.1, 0.15) is 12.2 Å². The van der Waals surface area contributed by atoms with E-state index in [9.17, 15) is 9.59 Å². The van der Waals surface area contributed by atoms with E-state index in [1.54, 1.807) is 36.6 Å². The van der Waals surface area contributed by atoms with E-state index in [1.165, 1.54) is 7.11 Å². The molecule has 3 rings (SSSR count). The van der Waals surface area contributed by atoms with Crippen LogP contribution in [0.15, 0.2) is 41.0 Å². The Morgan fingerprint density at radius 3 is 2.79 bits per heavy atom. The van der Waals surface area contributed by atoms with Crippen molar-refractivity contribution in [3.8, 4) is 5.75 Å². The van der Waals surface area contributed by atoms with E-state index in [0.717, 1.165) is 0 Å². The van der Waals surface area contributed by atoms with Crippen LogP contribution in [0.5, 0.6) is 5.75 Å². The van der Waals surface area contributed by atoms with Crippen molar-refractivity contribution in [2.24, 2.45) is 11.8 Å². The molecule has 7 heteroatoms. The molecule has 1 heterocycles. The van der Waals surface area contributed by atoms with Gasteiger partial charge in [-0.05, 0) is 36.8 Å². The van der Waals surface area contributed by atoms with E-state index >= 15 is 0 Å². The van der Waals surface area contributed by atoms with Crippen LogP contribution in [0, 0.1) is 11.8 Å². The summed E-state index contributed by atoms with van der Waals surface area (Å²) in [5, 5.41) is 6.04. The third-order valence-electron chi connectivity index (χ3n) is 3.90. The number of anilines is 1. The van der Waals surface area contributed by atoms with Gasteiger partial charge in [-0.1, -0.05) is 11.6 Å². The second-order valence-corrected chi connectivity index (χ2v) is 6.02. The number of rotatable bonds is 6. The number of carbonyl (C=O) groups excluding carboxylic acids is 2. The lowest BCUT2D eigenvalue weighted by Gasteiger charge is -2.10. The van der Waals surface area contributed by atoms with Gasteiger partial charge in [0.2, 0.25) is 11.8 Å². The maximum absolute atomic E-state index is 12.3. The van der Waals surface area contributed by atoms with Crippen LogP contribution >= 0.6 is 11.6 Å². The first-order valence-corrected chi connectivity index (χ1v) is 7.91. The fraction of sp³-hybridized carbons (Fsp3) is 0.294. The zero-order chi connectivity index (χ0) is 17.1. The van der Waals surface area contributed by atoms with Crippen molar-refractivity contribution in [2.45, 2.75) is 13.0 Å². The number of halogens is 1. The van der Waals surface area contributed by atoms with Crippen LogP contribution in [0.3, 0.4) is 0 Å². The number of benzene rings is 1. The standard InChI is InChI=1S/C17H17ClN2O4/c1-23-15-5-4-10(18)7-14(15)20-17(22)13-8-12(13)16(21)19-9-11-3-2-6-24-11/h2-7,12-13H,8-9H2,1H3,(H,19,21)(H,20,22). The fourth-order valence-corrected chi connectivity index (χ4v) is 2.67. The molecule has 2 atom stereocenters. The molecule has 0 saturated heterocycles. The SMILES string of the molecule is COc1ccc(Cl)cc1NC(=O)C1CC1C(=O)NCc1ccco1. The van der Waals surface area contributed by atoms with Gasteiger partial charge in [-0.3, -0.25) is 9.59 Å². The molecule has 1 fully saturated rings. The summed E-state index contributed by atoms with van der Waals surface area (Å²) < 4.78 is 10.3. The zero-order valence-corrected chi connectivity index (χ0v) is 13.8. The summed E-state index contributed by atoms with van der Waals surface area (Å²) in [6.45, 7) is 0.318. The van der Waals surface area contributed by atoms with Gasteiger partial charge in [0, 0.05) is 5.02 Å². The smallest absolute Gasteiger partial charge is 0.228 e. The molecule has 1 aliphatic rings. The highest BCUT2D eigenvalue weighted by Crippen LogP contribution is 2.40. The van der Waals surface area contributed by atoms with Crippen LogP contribution in [0.2, 0.25) is 5.02 Å². The molecule has 6 nitrogen and oxygen atoms in total. The Labute approximate surface area is 144 Å². The summed E-state index contributed by atoms with van der Waals surface area (Å²) in [7, 11) is 1.51. The molecule has 2 aromatic rings. The van der Waals surface area contributed by atoms with Crippen LogP contribution < -0.4 is 15.4 Å². The number of furan rings is 1. The molecule has 1 aliphatic carbocycles. The molecule has 0 spiro atoms. The Morgan fingerprint density at radius 1 is 1.29 bits per heavy atom. The minimum atomic E-state index is -0.342. The first-order chi connectivity index (χ1) is 11.6. The van der Waals surface area contributed by atoms with Crippen molar-refractivity contribution in [3.05, 3.63) is 47.4 Å². The molecule has 0 bridgehead atoms. The summed E-state index contributed by atoms with van der Waals surface area (Å²) in [6.07, 6.45) is 2.08. The summed E-state index contributed by atoms with van der Waals surface area (Å²) in [4.78, 5) is 24.4. The predicted octanol–water partition coefficient (Wildman–Crippen LogP) is 2.83. The van der Waals surface area contributed by atoms with E-state index in [2.05, 4.69) is 10.6 Å². The van der Waals surface area contributed by atoms with Crippen LogP contribution in [-0.2, 0) is 16.1 Å². The van der Waals surface area contributed by atoms with E-state index in [4.69, 9.17) is 20.8 Å². The molecule has 2 unspecified atom stereocenters. The van der Waals surface area contributed by atoms with E-state index < -0.39 is 0 Å². The third-order valence-corrected chi connectivity index (χ3v) is 4.14. The third kappa shape index (κ3) is 3.71. The summed E-state index contributed by atoms with van der Waals surface area (Å²) in [5.41, 5.74) is 0.497. The minimum Gasteiger partial charge on any atom is -0.495 e. The molecule has 1 aromatic heterocycles. The van der Waals surface area contributed by atoms with Crippen LogP contribution in [-0.4, -0.2) is 18.9 Å². The predicted molar refractivity (Wildman–Crippen MR) is 88.8 cm³/mol. The Morgan fingerprint density at radius 2 is 2.08 bits per heavy atom. The number of ether oxygens (including phenoxy) is 1. The lowest BCUT2D eigenvalue weighted by molar-refractivity contribution is -0.125. The first kappa shape index (κ1) is 16.4. The topological polar surface area (TPSA) is 80.6 Å². The van der Waals surface area contributed by atoms with Crippen molar-refractivity contribution in [1.29, 1.82) is 0 Å². The molecule has 1 saturated carbocycles. The average molecular weight is 349 g/mol. The molecule has 0 radical (unpaired) electrons. The highest BCUT2D eigenvalue weighted by atomic mass is 35.5. The molecule has 1 aromatic carbocycles. The first-order valence-electron chi connectivity index (χ1n) is 7.53. The molecule has 2 amide bonds. The number of hydrogen-bond acceptors (Lipinski definition) is 4. The summed E-state index contributed by atoms with van der Waals surface area (Å²) in [5.74, 6) is 0.176. The summed E-state index contributed by atoms with van der Waals surface area (Å²) in [6, 6.07) is 8.51. The highest BCUT2D eigenvalue weighted by molar-refractivity contribution is 6.31. The van der Waals surface area contributed by atoms with Gasteiger partial charge in [0.05, 0.1) is 37.4 Å². The van der Waals surface area contributed by atoms with Gasteiger partial charge in [0.1, 0.15) is 11.5 Å². The molecule has 24 heavy (non-hydrogen) atoms. The number of nitrogens with one attached hydrogen (secondary N) is 2. The average Bonchev–Trinajstić information content (AvgIpc) is 3.21. The summed E-state index contributed by atoms with van der Waals surface area (Å²) >= 11 is 5.94. The fourth-order valence-electron chi connectivity index (χ4n) is 2.50. The Kier molecular flexibility index (Phi) is 4.76. The van der Waals surface area contributed by atoms with Crippen molar-refractivity contribution >= 4 is 29.1 Å². The second-order valence-electron chi connectivity index (χ2n) is 5.58. The van der Waals surface area contributed by atoms with E-state index in [0.29, 0.717) is 35.2 Å². The molecule has 0 aliphatic heterocycles. The number of methoxy groups -OCH3 is 1. The molecule has 126 valence electrons. The zero-order valence-electron chi connectivity index (χ0n) is 13.0. The van der Waals surface area contributed by atoms with Crippen molar-refractivity contribution < 1.29 is 18.7 Å². The minimum absolute atomic E-state index is 0.149. The number of hydrogen-bond donors (Lipinski definition) is 2. The van der Waals surface area contributed by atoms with Crippen molar-refractivity contribution in [2.75, 3.05) is 12.4 Å². The van der Waals surface area contributed by atoms with Crippen LogP contribution in [0.4, 0.5) is 5.69 Å². The normalized spacial score (nSPS) is 18.8. The molecular formula is C17H17ClN2O4. The second kappa shape index (κ2) is 6.97. The lowest BCUT2D eigenvalue weighted by Crippen LogP contribution is -2.27. The van der Waals surface area contributed by atoms with Gasteiger partial charge in [-0.25, -0.2) is 0 Å². The number of amides is 2. The maximum atomic E-state index is 12.3. The van der Waals surface area contributed by atoms with Crippen molar-refractivity contribution in [1.82, 2.24) is 5.32 Å². The van der Waals surface area contributed by atoms with Gasteiger partial charge < -0.3 is 19.8 Å². The largest absolute Gasteiger partial charge is 0.495 e. The van der Waals surface area contributed by atoms with Crippen molar-refractivity contribution in [3.63, 3.8) is 0 Å². The van der Waals surface area contributed by atoms with E-state index in [-0.39, 0.29) is 23.7 Å². The lowest BCUT2D eigenvalue weighted by atomic mass is 10.2. The van der Waals surface area contributed by atoms with Gasteiger partial charge in [0.25, 0.3) is 0 Å². The van der Waals surface area contributed by atoms with Gasteiger partial charge >= 0.3 is 0 Å². The Hall–Kier alpha value is -2.47.